The van der Waals surface area contributed by atoms with E-state index in [-0.39, 0.29) is 5.41 Å². The van der Waals surface area contributed by atoms with E-state index in [9.17, 15) is 0 Å². The van der Waals surface area contributed by atoms with E-state index in [4.69, 9.17) is 9.47 Å². The average molecular weight is 427 g/mol. The first kappa shape index (κ1) is 24.0. The summed E-state index contributed by atoms with van der Waals surface area (Å²) in [7, 11) is 0. The molecular weight excluding hydrogens is 384 g/mol. The van der Waals surface area contributed by atoms with Crippen molar-refractivity contribution in [2.45, 2.75) is 99.3 Å². The highest BCUT2D eigenvalue weighted by atomic mass is 16.7. The second-order valence-corrected chi connectivity index (χ2v) is 9.83. The summed E-state index contributed by atoms with van der Waals surface area (Å²) in [4.78, 5) is 4.24. The lowest BCUT2D eigenvalue weighted by molar-refractivity contribution is -0.314. The van der Waals surface area contributed by atoms with Gasteiger partial charge in [0, 0.05) is 24.2 Å². The van der Waals surface area contributed by atoms with Crippen LogP contribution in [-0.4, -0.2) is 28.6 Å². The van der Waals surface area contributed by atoms with Crippen LogP contribution in [0.4, 0.5) is 0 Å². The van der Waals surface area contributed by atoms with Gasteiger partial charge in [-0.25, -0.2) is 4.98 Å². The summed E-state index contributed by atoms with van der Waals surface area (Å²) in [6.45, 7) is 18.0. The molecule has 1 aliphatic rings. The zero-order chi connectivity index (χ0) is 22.6. The van der Waals surface area contributed by atoms with Crippen molar-refractivity contribution in [2.75, 3.05) is 13.2 Å². The molecule has 0 unspecified atom stereocenters. The molecule has 172 valence electrons. The molecule has 1 aliphatic heterocycles. The van der Waals surface area contributed by atoms with E-state index >= 15 is 0 Å². The van der Waals surface area contributed by atoms with Gasteiger partial charge >= 0.3 is 0 Å². The molecule has 0 N–H and O–H groups in total. The predicted molar refractivity (Wildman–Crippen MR) is 128 cm³/mol. The number of ether oxygens (including phenoxy) is 2. The van der Waals surface area contributed by atoms with Crippen LogP contribution < -0.4 is 0 Å². The molecule has 0 bridgehead atoms. The van der Waals surface area contributed by atoms with Crippen LogP contribution in [0.25, 0.3) is 0 Å². The monoisotopic (exact) mass is 426 g/mol. The second kappa shape index (κ2) is 9.87. The van der Waals surface area contributed by atoms with Gasteiger partial charge in [-0.1, -0.05) is 26.7 Å². The summed E-state index contributed by atoms with van der Waals surface area (Å²) in [5, 5.41) is 0. The molecule has 1 saturated heterocycles. The van der Waals surface area contributed by atoms with Gasteiger partial charge in [0.05, 0.1) is 26.1 Å². The summed E-state index contributed by atoms with van der Waals surface area (Å²) in [5.41, 5.74) is 8.69. The predicted octanol–water partition coefficient (Wildman–Crippen LogP) is 6.39. The summed E-state index contributed by atoms with van der Waals surface area (Å²) < 4.78 is 15.4. The third-order valence-electron chi connectivity index (χ3n) is 7.74. The first-order valence-electron chi connectivity index (χ1n) is 12.1. The zero-order valence-electron chi connectivity index (χ0n) is 20.8. The molecule has 31 heavy (non-hydrogen) atoms. The Morgan fingerprint density at radius 1 is 0.839 bits per heavy atom. The van der Waals surface area contributed by atoms with Gasteiger partial charge in [0.2, 0.25) is 0 Å². The molecule has 0 saturated carbocycles. The van der Waals surface area contributed by atoms with Gasteiger partial charge in [0.1, 0.15) is 0 Å². The standard InChI is InChI=1S/C27H42N2O2/c1-8-11-26(12-9-2)17-30-27(31-18-26,16-29-15-14-28-19-29)13-10-25-23(6)21(4)20(3)22(5)24(25)7/h14-15,19H,8-13,16-18H2,1-7H3. The van der Waals surface area contributed by atoms with Crippen molar-refractivity contribution in [1.29, 1.82) is 0 Å². The van der Waals surface area contributed by atoms with Gasteiger partial charge in [-0.3, -0.25) is 0 Å². The largest absolute Gasteiger partial charge is 0.347 e. The van der Waals surface area contributed by atoms with Crippen LogP contribution in [0.15, 0.2) is 18.7 Å². The molecule has 0 radical (unpaired) electrons. The van der Waals surface area contributed by atoms with E-state index in [0.717, 1.165) is 38.9 Å². The molecule has 2 aromatic rings. The van der Waals surface area contributed by atoms with Crippen LogP contribution in [0.3, 0.4) is 0 Å². The van der Waals surface area contributed by atoms with Gasteiger partial charge in [-0.2, -0.15) is 0 Å². The Hall–Kier alpha value is -1.65. The Balaban J connectivity index is 1.85. The SMILES string of the molecule is CCCC1(CCC)COC(CCc2c(C)c(C)c(C)c(C)c2C)(Cn2ccnc2)OC1. The van der Waals surface area contributed by atoms with Gasteiger partial charge in [-0.15, -0.1) is 0 Å². The highest BCUT2D eigenvalue weighted by molar-refractivity contribution is 5.49. The van der Waals surface area contributed by atoms with Gasteiger partial charge in [0.15, 0.2) is 5.79 Å². The third-order valence-corrected chi connectivity index (χ3v) is 7.74. The first-order valence-corrected chi connectivity index (χ1v) is 12.1. The molecule has 0 spiro atoms. The summed E-state index contributed by atoms with van der Waals surface area (Å²) >= 11 is 0. The topological polar surface area (TPSA) is 36.3 Å². The molecule has 0 atom stereocenters. The fourth-order valence-corrected chi connectivity index (χ4v) is 5.37. The molecule has 3 rings (SSSR count). The maximum Gasteiger partial charge on any atom is 0.186 e. The minimum atomic E-state index is -0.600. The van der Waals surface area contributed by atoms with Crippen molar-refractivity contribution in [3.8, 4) is 0 Å². The Labute approximate surface area is 189 Å². The van der Waals surface area contributed by atoms with E-state index < -0.39 is 5.79 Å². The van der Waals surface area contributed by atoms with Crippen molar-refractivity contribution in [2.24, 2.45) is 5.41 Å². The summed E-state index contributed by atoms with van der Waals surface area (Å²) in [5.74, 6) is -0.600. The number of hydrogen-bond acceptors (Lipinski definition) is 3. The lowest BCUT2D eigenvalue weighted by Gasteiger charge is -2.47. The number of rotatable bonds is 9. The Morgan fingerprint density at radius 3 is 1.87 bits per heavy atom. The maximum absolute atomic E-state index is 6.67. The number of benzene rings is 1. The Kier molecular flexibility index (Phi) is 7.64. The zero-order valence-corrected chi connectivity index (χ0v) is 20.8. The number of imidazole rings is 1. The quantitative estimate of drug-likeness (QED) is 0.466. The molecule has 1 fully saturated rings. The fourth-order valence-electron chi connectivity index (χ4n) is 5.37. The normalized spacial score (nSPS) is 17.8. The van der Waals surface area contributed by atoms with Crippen molar-refractivity contribution in [1.82, 2.24) is 9.55 Å². The lowest BCUT2D eigenvalue weighted by Crippen LogP contribution is -2.52. The van der Waals surface area contributed by atoms with E-state index in [1.807, 2.05) is 18.7 Å². The molecule has 4 heteroatoms. The molecule has 4 nitrogen and oxygen atoms in total. The maximum atomic E-state index is 6.67. The van der Waals surface area contributed by atoms with Crippen LogP contribution in [0.1, 0.15) is 79.3 Å². The number of nitrogens with zero attached hydrogens (tertiary/aromatic N) is 2. The van der Waals surface area contributed by atoms with Gasteiger partial charge in [-0.05, 0) is 87.3 Å². The van der Waals surface area contributed by atoms with E-state index in [2.05, 4.69) is 58.0 Å². The van der Waals surface area contributed by atoms with Gasteiger partial charge in [0.25, 0.3) is 0 Å². The number of hydrogen-bond donors (Lipinski definition) is 0. The van der Waals surface area contributed by atoms with Crippen LogP contribution in [-0.2, 0) is 22.4 Å². The second-order valence-electron chi connectivity index (χ2n) is 9.83. The average Bonchev–Trinajstić information content (AvgIpc) is 3.26. The molecular formula is C27H42N2O2. The summed E-state index contributed by atoms with van der Waals surface area (Å²) in [6.07, 6.45) is 12.2. The van der Waals surface area contributed by atoms with Crippen molar-refractivity contribution < 1.29 is 9.47 Å². The first-order chi connectivity index (χ1) is 14.8. The van der Waals surface area contributed by atoms with Crippen LogP contribution in [0.5, 0.6) is 0 Å². The lowest BCUT2D eigenvalue weighted by atomic mass is 9.79. The third kappa shape index (κ3) is 5.06. The van der Waals surface area contributed by atoms with Crippen molar-refractivity contribution in [3.63, 3.8) is 0 Å². The Morgan fingerprint density at radius 2 is 1.39 bits per heavy atom. The summed E-state index contributed by atoms with van der Waals surface area (Å²) in [6, 6.07) is 0. The smallest absolute Gasteiger partial charge is 0.186 e. The van der Waals surface area contributed by atoms with Gasteiger partial charge < -0.3 is 14.0 Å². The molecule has 2 heterocycles. The molecule has 1 aromatic heterocycles. The van der Waals surface area contributed by atoms with E-state index in [1.54, 1.807) is 0 Å². The molecule has 0 amide bonds. The van der Waals surface area contributed by atoms with Crippen LogP contribution in [0, 0.1) is 40.0 Å². The van der Waals surface area contributed by atoms with Crippen LogP contribution in [0.2, 0.25) is 0 Å². The van der Waals surface area contributed by atoms with E-state index in [1.165, 1.54) is 46.2 Å². The van der Waals surface area contributed by atoms with Crippen LogP contribution >= 0.6 is 0 Å². The molecule has 1 aromatic carbocycles. The highest BCUT2D eigenvalue weighted by Gasteiger charge is 2.44. The van der Waals surface area contributed by atoms with Crippen molar-refractivity contribution in [3.05, 3.63) is 52.1 Å². The van der Waals surface area contributed by atoms with E-state index in [0.29, 0.717) is 6.54 Å². The Bertz CT molecular complexity index is 825. The minimum Gasteiger partial charge on any atom is -0.347 e. The highest BCUT2D eigenvalue weighted by Crippen LogP contribution is 2.40. The fraction of sp³-hybridized carbons (Fsp3) is 0.667. The molecule has 0 aliphatic carbocycles. The van der Waals surface area contributed by atoms with Crippen molar-refractivity contribution >= 4 is 0 Å². The number of aromatic nitrogens is 2. The minimum absolute atomic E-state index is 0.158.